The molecule has 8 heteroatoms. The summed E-state index contributed by atoms with van der Waals surface area (Å²) in [6, 6.07) is 0. The van der Waals surface area contributed by atoms with E-state index in [4.69, 9.17) is 16.3 Å². The molecule has 1 unspecified atom stereocenters. The second-order valence-electron chi connectivity index (χ2n) is 6.40. The highest BCUT2D eigenvalue weighted by Gasteiger charge is 2.39. The monoisotopic (exact) mass is 338 g/mol. The zero-order valence-electron chi connectivity index (χ0n) is 13.7. The number of carbonyl (C=O) groups excluding carboxylic acids is 2. The van der Waals surface area contributed by atoms with Crippen LogP contribution in [0, 0.1) is 0 Å². The highest BCUT2D eigenvalue weighted by molar-refractivity contribution is 6.34. The number of nitrogens with zero attached hydrogens (tertiary/aromatic N) is 3. The van der Waals surface area contributed by atoms with Crippen molar-refractivity contribution in [1.29, 1.82) is 0 Å². The summed E-state index contributed by atoms with van der Waals surface area (Å²) in [6.45, 7) is 6.88. The van der Waals surface area contributed by atoms with Crippen molar-refractivity contribution in [2.45, 2.75) is 38.8 Å². The average Bonchev–Trinajstić information content (AvgIpc) is 2.89. The number of rotatable bonds is 3. The molecule has 2 rings (SSSR count). The van der Waals surface area contributed by atoms with Gasteiger partial charge >= 0.3 is 6.09 Å². The molecule has 7 nitrogen and oxygen atoms in total. The normalized spacial score (nSPS) is 14.3. The van der Waals surface area contributed by atoms with Crippen molar-refractivity contribution in [3.8, 4) is 0 Å². The number of hydrogen-bond donors (Lipinski definition) is 1. The molecule has 0 aromatic carbocycles. The Morgan fingerprint density at radius 3 is 2.57 bits per heavy atom. The number of aromatic amines is 1. The summed E-state index contributed by atoms with van der Waals surface area (Å²) in [5.74, 6) is 0. The Morgan fingerprint density at radius 1 is 1.35 bits per heavy atom. The Morgan fingerprint density at radius 2 is 2.00 bits per heavy atom. The molecule has 0 saturated heterocycles. The van der Waals surface area contributed by atoms with Gasteiger partial charge in [0.2, 0.25) is 0 Å². The number of ether oxygens (including phenoxy) is 1. The predicted octanol–water partition coefficient (Wildman–Crippen LogP) is 2.89. The number of H-pyrrole nitrogens is 1. The smallest absolute Gasteiger partial charge is 0.411 e. The number of aromatic nitrogens is 3. The minimum atomic E-state index is -1.28. The lowest BCUT2D eigenvalue weighted by molar-refractivity contribution is -0.117. The van der Waals surface area contributed by atoms with Crippen molar-refractivity contribution in [3.63, 3.8) is 0 Å². The van der Waals surface area contributed by atoms with Crippen LogP contribution in [0.1, 0.15) is 33.3 Å². The van der Waals surface area contributed by atoms with E-state index in [1.165, 1.54) is 18.3 Å². The van der Waals surface area contributed by atoms with Gasteiger partial charge in [0.1, 0.15) is 34.6 Å². The van der Waals surface area contributed by atoms with E-state index >= 15 is 0 Å². The minimum Gasteiger partial charge on any atom is -0.444 e. The third kappa shape index (κ3) is 3.14. The highest BCUT2D eigenvalue weighted by Crippen LogP contribution is 2.34. The van der Waals surface area contributed by atoms with E-state index in [0.717, 1.165) is 0 Å². The van der Waals surface area contributed by atoms with Crippen LogP contribution < -0.4 is 0 Å². The summed E-state index contributed by atoms with van der Waals surface area (Å²) in [4.78, 5) is 36.4. The van der Waals surface area contributed by atoms with Crippen molar-refractivity contribution in [3.05, 3.63) is 23.2 Å². The van der Waals surface area contributed by atoms with E-state index < -0.39 is 17.2 Å². The molecular formula is C15H19ClN4O3. The lowest BCUT2D eigenvalue weighted by Gasteiger charge is -2.35. The van der Waals surface area contributed by atoms with Gasteiger partial charge in [0.25, 0.3) is 0 Å². The standard InChI is InChI=1S/C15H19ClN4O3/c1-14(2,3)23-13(22)20(5)15(4,7-21)9-6-17-12-10(9)11(16)18-8-19-12/h6-8H,1-5H3,(H,17,18,19). The quantitative estimate of drug-likeness (QED) is 0.686. The number of amides is 1. The molecule has 0 spiro atoms. The molecule has 23 heavy (non-hydrogen) atoms. The Hall–Kier alpha value is -2.15. The molecule has 0 aliphatic rings. The average molecular weight is 339 g/mol. The summed E-state index contributed by atoms with van der Waals surface area (Å²) < 4.78 is 5.34. The Bertz CT molecular complexity index is 753. The van der Waals surface area contributed by atoms with E-state index in [0.29, 0.717) is 22.9 Å². The number of hydrogen-bond acceptors (Lipinski definition) is 5. The molecule has 2 aromatic rings. The van der Waals surface area contributed by atoms with Crippen molar-refractivity contribution >= 4 is 35.0 Å². The van der Waals surface area contributed by atoms with Crippen LogP contribution in [-0.2, 0) is 15.1 Å². The van der Waals surface area contributed by atoms with E-state index in [-0.39, 0.29) is 5.15 Å². The fourth-order valence-electron chi connectivity index (χ4n) is 2.17. The maximum absolute atomic E-state index is 12.4. The van der Waals surface area contributed by atoms with Gasteiger partial charge < -0.3 is 14.5 Å². The third-order valence-corrected chi connectivity index (χ3v) is 3.85. The zero-order chi connectivity index (χ0) is 17.4. The van der Waals surface area contributed by atoms with Crippen LogP contribution in [0.4, 0.5) is 4.79 Å². The van der Waals surface area contributed by atoms with Gasteiger partial charge in [0, 0.05) is 18.8 Å². The van der Waals surface area contributed by atoms with Crippen LogP contribution in [0.25, 0.3) is 11.0 Å². The van der Waals surface area contributed by atoms with Gasteiger partial charge in [-0.25, -0.2) is 14.8 Å². The maximum Gasteiger partial charge on any atom is 0.411 e. The van der Waals surface area contributed by atoms with E-state index in [1.54, 1.807) is 33.9 Å². The van der Waals surface area contributed by atoms with Gasteiger partial charge in [-0.15, -0.1) is 0 Å². The van der Waals surface area contributed by atoms with Crippen molar-refractivity contribution in [2.75, 3.05) is 7.05 Å². The number of halogens is 1. The summed E-state index contributed by atoms with van der Waals surface area (Å²) in [6.07, 6.45) is 2.97. The summed E-state index contributed by atoms with van der Waals surface area (Å²) in [7, 11) is 1.50. The first-order chi connectivity index (χ1) is 10.6. The van der Waals surface area contributed by atoms with Crippen LogP contribution in [-0.4, -0.2) is 44.9 Å². The van der Waals surface area contributed by atoms with Crippen molar-refractivity contribution in [1.82, 2.24) is 19.9 Å². The number of carbonyl (C=O) groups is 2. The first-order valence-electron chi connectivity index (χ1n) is 7.01. The molecule has 0 aliphatic heterocycles. The van der Waals surface area contributed by atoms with E-state index in [2.05, 4.69) is 15.0 Å². The fraction of sp³-hybridized carbons (Fsp3) is 0.467. The van der Waals surface area contributed by atoms with Crippen LogP contribution in [0.15, 0.2) is 12.5 Å². The molecule has 0 radical (unpaired) electrons. The van der Waals surface area contributed by atoms with Gasteiger partial charge in [-0.3, -0.25) is 4.90 Å². The second-order valence-corrected chi connectivity index (χ2v) is 6.75. The number of aldehydes is 1. The Balaban J connectivity index is 2.51. The van der Waals surface area contributed by atoms with Gasteiger partial charge in [-0.1, -0.05) is 11.6 Å². The number of likely N-dealkylation sites (N-methyl/N-ethyl adjacent to an activating group) is 1. The minimum absolute atomic E-state index is 0.205. The van der Waals surface area contributed by atoms with Crippen molar-refractivity contribution in [2.24, 2.45) is 0 Å². The van der Waals surface area contributed by atoms with Crippen LogP contribution in [0.3, 0.4) is 0 Å². The van der Waals surface area contributed by atoms with E-state index in [9.17, 15) is 9.59 Å². The summed E-state index contributed by atoms with van der Waals surface area (Å²) >= 11 is 6.14. The molecule has 2 heterocycles. The number of fused-ring (bicyclic) bond motifs is 1. The molecule has 1 amide bonds. The lowest BCUT2D eigenvalue weighted by atomic mass is 9.92. The molecule has 124 valence electrons. The Labute approximate surface area is 139 Å². The summed E-state index contributed by atoms with van der Waals surface area (Å²) in [5, 5.41) is 0.705. The molecule has 0 aliphatic carbocycles. The second kappa shape index (κ2) is 5.81. The summed E-state index contributed by atoms with van der Waals surface area (Å²) in [5.41, 5.74) is -0.961. The first kappa shape index (κ1) is 17.2. The Kier molecular flexibility index (Phi) is 4.34. The SMILES string of the molecule is CN(C(=O)OC(C)(C)C)C(C)(C=O)c1c[nH]c2ncnc(Cl)c12. The maximum atomic E-state index is 12.4. The largest absolute Gasteiger partial charge is 0.444 e. The predicted molar refractivity (Wildman–Crippen MR) is 86.3 cm³/mol. The molecule has 1 atom stereocenters. The molecular weight excluding hydrogens is 320 g/mol. The van der Waals surface area contributed by atoms with E-state index in [1.807, 2.05) is 0 Å². The first-order valence-corrected chi connectivity index (χ1v) is 7.39. The highest BCUT2D eigenvalue weighted by atomic mass is 35.5. The molecule has 0 bridgehead atoms. The lowest BCUT2D eigenvalue weighted by Crippen LogP contribution is -2.48. The third-order valence-electron chi connectivity index (χ3n) is 3.56. The molecule has 2 aromatic heterocycles. The zero-order valence-corrected chi connectivity index (χ0v) is 14.4. The molecule has 1 N–H and O–H groups in total. The van der Waals surface area contributed by atoms with Gasteiger partial charge in [0.15, 0.2) is 0 Å². The van der Waals surface area contributed by atoms with Crippen LogP contribution >= 0.6 is 11.6 Å². The van der Waals surface area contributed by atoms with Crippen molar-refractivity contribution < 1.29 is 14.3 Å². The topological polar surface area (TPSA) is 88.2 Å². The molecule has 0 fully saturated rings. The molecule has 0 saturated carbocycles. The fourth-order valence-corrected chi connectivity index (χ4v) is 2.40. The van der Waals surface area contributed by atoms with Gasteiger partial charge in [-0.05, 0) is 27.7 Å². The van der Waals surface area contributed by atoms with Gasteiger partial charge in [0.05, 0.1) is 5.39 Å². The van der Waals surface area contributed by atoms with Crippen LogP contribution in [0.5, 0.6) is 0 Å². The van der Waals surface area contributed by atoms with Crippen LogP contribution in [0.2, 0.25) is 5.15 Å². The van der Waals surface area contributed by atoms with Gasteiger partial charge in [-0.2, -0.15) is 0 Å². The number of nitrogens with one attached hydrogen (secondary N) is 1.